The molecule has 0 aliphatic rings. The molecule has 2 nitrogen and oxygen atoms in total. The smallest absolute Gasteiger partial charge is 0.176 e. The molecule has 0 radical (unpaired) electrons. The molecule has 0 fully saturated rings. The van der Waals surface area contributed by atoms with Crippen molar-refractivity contribution in [2.75, 3.05) is 6.54 Å². The van der Waals surface area contributed by atoms with E-state index in [2.05, 4.69) is 0 Å². The number of nitrogens with two attached hydrogens (primary N) is 1. The van der Waals surface area contributed by atoms with E-state index in [1.54, 1.807) is 12.1 Å². The molecule has 0 spiro atoms. The van der Waals surface area contributed by atoms with Gasteiger partial charge in [0.05, 0.1) is 6.54 Å². The Balaban J connectivity index is 0.00000121. The first-order valence-electron chi connectivity index (χ1n) is 3.54. The number of benzene rings is 1. The van der Waals surface area contributed by atoms with Crippen LogP contribution in [0.4, 0.5) is 0 Å². The van der Waals surface area contributed by atoms with E-state index in [1.165, 1.54) is 0 Å². The average molecular weight is 185 g/mol. The quantitative estimate of drug-likeness (QED) is 0.548. The van der Waals surface area contributed by atoms with Crippen LogP contribution in [0.1, 0.15) is 15.9 Å². The summed E-state index contributed by atoms with van der Waals surface area (Å²) in [6.07, 6.45) is 0. The lowest BCUT2D eigenvalue weighted by Crippen LogP contribution is -3.00. The minimum atomic E-state index is -0.00926. The van der Waals surface area contributed by atoms with Gasteiger partial charge in [-0.1, -0.05) is 29.8 Å². The summed E-state index contributed by atoms with van der Waals surface area (Å²) in [6, 6.07) is 7.40. The Labute approximate surface area is 78.2 Å². The molecule has 0 aromatic heterocycles. The topological polar surface area (TPSA) is 43.1 Å². The normalized spacial score (nSPS) is 8.83. The van der Waals surface area contributed by atoms with E-state index < -0.39 is 0 Å². The van der Waals surface area contributed by atoms with E-state index in [9.17, 15) is 4.79 Å². The molecule has 0 aliphatic carbocycles. The number of rotatable bonds is 2. The summed E-state index contributed by atoms with van der Waals surface area (Å²) in [4.78, 5) is 11.0. The van der Waals surface area contributed by atoms with E-state index in [1.807, 2.05) is 19.1 Å². The van der Waals surface area contributed by atoms with Crippen LogP contribution in [-0.2, 0) is 0 Å². The number of hydrogen-bond acceptors (Lipinski definition) is 2. The van der Waals surface area contributed by atoms with Crippen molar-refractivity contribution in [3.8, 4) is 0 Å². The van der Waals surface area contributed by atoms with E-state index in [0.29, 0.717) is 5.56 Å². The molecule has 3 heteroatoms. The van der Waals surface area contributed by atoms with Gasteiger partial charge in [0.2, 0.25) is 0 Å². The molecular weight excluding hydrogens is 174 g/mol. The standard InChI is InChI=1S/C9H11NO.ClH/c1-7-2-4-8(5-3-7)9(11)6-10;/h2-5H,6,10H2,1H3;1H/p-1. The van der Waals surface area contributed by atoms with Crippen molar-refractivity contribution < 1.29 is 17.2 Å². The van der Waals surface area contributed by atoms with Gasteiger partial charge < -0.3 is 18.1 Å². The predicted octanol–water partition coefficient (Wildman–Crippen LogP) is -1.86. The van der Waals surface area contributed by atoms with Gasteiger partial charge in [-0.2, -0.15) is 0 Å². The molecule has 0 bridgehead atoms. The second-order valence-electron chi connectivity index (χ2n) is 2.49. The SMILES string of the molecule is Cc1ccc(C(=O)CN)cc1.[Cl-]. The summed E-state index contributed by atoms with van der Waals surface area (Å²) in [5.41, 5.74) is 7.04. The van der Waals surface area contributed by atoms with Gasteiger partial charge in [-0.25, -0.2) is 0 Å². The van der Waals surface area contributed by atoms with E-state index in [4.69, 9.17) is 5.73 Å². The fourth-order valence-electron chi connectivity index (χ4n) is 0.857. The Morgan fingerprint density at radius 1 is 1.33 bits per heavy atom. The maximum atomic E-state index is 11.0. The third-order valence-electron chi connectivity index (χ3n) is 1.56. The van der Waals surface area contributed by atoms with Crippen LogP contribution in [0.5, 0.6) is 0 Å². The highest BCUT2D eigenvalue weighted by molar-refractivity contribution is 5.97. The van der Waals surface area contributed by atoms with Crippen LogP contribution in [0.3, 0.4) is 0 Å². The van der Waals surface area contributed by atoms with Crippen molar-refractivity contribution in [1.82, 2.24) is 0 Å². The summed E-state index contributed by atoms with van der Waals surface area (Å²) in [5.74, 6) is -0.00926. The van der Waals surface area contributed by atoms with Crippen LogP contribution < -0.4 is 18.1 Å². The molecule has 0 saturated carbocycles. The molecule has 0 saturated heterocycles. The zero-order valence-corrected chi connectivity index (χ0v) is 7.64. The number of halogens is 1. The third-order valence-corrected chi connectivity index (χ3v) is 1.56. The van der Waals surface area contributed by atoms with Gasteiger partial charge in [0.15, 0.2) is 5.78 Å². The fraction of sp³-hybridized carbons (Fsp3) is 0.222. The minimum Gasteiger partial charge on any atom is -1.00 e. The molecule has 1 rings (SSSR count). The number of carbonyl (C=O) groups is 1. The molecule has 2 N–H and O–H groups in total. The highest BCUT2D eigenvalue weighted by atomic mass is 35.5. The second kappa shape index (κ2) is 4.91. The van der Waals surface area contributed by atoms with Gasteiger partial charge in [0.25, 0.3) is 0 Å². The van der Waals surface area contributed by atoms with E-state index in [0.717, 1.165) is 5.56 Å². The molecule has 0 heterocycles. The van der Waals surface area contributed by atoms with Crippen LogP contribution in [0, 0.1) is 6.92 Å². The molecule has 0 atom stereocenters. The van der Waals surface area contributed by atoms with E-state index in [-0.39, 0.29) is 24.7 Å². The highest BCUT2D eigenvalue weighted by Gasteiger charge is 2.00. The summed E-state index contributed by atoms with van der Waals surface area (Å²) in [5, 5.41) is 0. The summed E-state index contributed by atoms with van der Waals surface area (Å²) in [6.45, 7) is 2.07. The summed E-state index contributed by atoms with van der Waals surface area (Å²) < 4.78 is 0. The lowest BCUT2D eigenvalue weighted by Gasteiger charge is -1.96. The maximum Gasteiger partial charge on any atom is 0.176 e. The van der Waals surface area contributed by atoms with Crippen LogP contribution in [0.2, 0.25) is 0 Å². The number of aryl methyl sites for hydroxylation is 1. The predicted molar refractivity (Wildman–Crippen MR) is 44.6 cm³/mol. The minimum absolute atomic E-state index is 0. The number of hydrogen-bond donors (Lipinski definition) is 1. The van der Waals surface area contributed by atoms with Crippen molar-refractivity contribution in [2.45, 2.75) is 6.92 Å². The number of carbonyl (C=O) groups excluding carboxylic acids is 1. The second-order valence-corrected chi connectivity index (χ2v) is 2.49. The Bertz CT molecular complexity index is 256. The Morgan fingerprint density at radius 2 is 1.83 bits per heavy atom. The molecule has 0 unspecified atom stereocenters. The van der Waals surface area contributed by atoms with Gasteiger partial charge in [-0.05, 0) is 6.92 Å². The third kappa shape index (κ3) is 2.64. The molecule has 0 amide bonds. The maximum absolute atomic E-state index is 11.0. The largest absolute Gasteiger partial charge is 1.00 e. The highest BCUT2D eigenvalue weighted by Crippen LogP contribution is 2.02. The van der Waals surface area contributed by atoms with Crippen molar-refractivity contribution in [1.29, 1.82) is 0 Å². The van der Waals surface area contributed by atoms with Gasteiger partial charge in [-0.3, -0.25) is 4.79 Å². The summed E-state index contributed by atoms with van der Waals surface area (Å²) >= 11 is 0. The molecule has 1 aromatic rings. The van der Waals surface area contributed by atoms with Crippen LogP contribution >= 0.6 is 0 Å². The first kappa shape index (κ1) is 11.1. The zero-order chi connectivity index (χ0) is 8.27. The van der Waals surface area contributed by atoms with Crippen molar-refractivity contribution >= 4 is 5.78 Å². The molecular formula is C9H11ClNO-. The zero-order valence-electron chi connectivity index (χ0n) is 6.88. The molecule has 12 heavy (non-hydrogen) atoms. The van der Waals surface area contributed by atoms with Gasteiger partial charge in [-0.15, -0.1) is 0 Å². The lowest BCUT2D eigenvalue weighted by molar-refractivity contribution is -0.0000100. The van der Waals surface area contributed by atoms with Crippen molar-refractivity contribution in [2.24, 2.45) is 5.73 Å². The fourth-order valence-corrected chi connectivity index (χ4v) is 0.857. The average Bonchev–Trinajstić information content (AvgIpc) is 2.05. The van der Waals surface area contributed by atoms with Crippen LogP contribution in [0.25, 0.3) is 0 Å². The van der Waals surface area contributed by atoms with Crippen molar-refractivity contribution in [3.63, 3.8) is 0 Å². The molecule has 1 aromatic carbocycles. The number of ketones is 1. The lowest BCUT2D eigenvalue weighted by atomic mass is 10.1. The number of Topliss-reactive ketones (excluding diaryl/α,β-unsaturated/α-hetero) is 1. The van der Waals surface area contributed by atoms with E-state index >= 15 is 0 Å². The van der Waals surface area contributed by atoms with Gasteiger partial charge in [0, 0.05) is 5.56 Å². The Morgan fingerprint density at radius 3 is 2.25 bits per heavy atom. The monoisotopic (exact) mass is 184 g/mol. The summed E-state index contributed by atoms with van der Waals surface area (Å²) in [7, 11) is 0. The molecule has 66 valence electrons. The first-order chi connectivity index (χ1) is 5.24. The Hall–Kier alpha value is -0.860. The molecule has 0 aliphatic heterocycles. The van der Waals surface area contributed by atoms with Crippen LogP contribution in [0.15, 0.2) is 24.3 Å². The van der Waals surface area contributed by atoms with Gasteiger partial charge >= 0.3 is 0 Å². The Kier molecular flexibility index (Phi) is 4.55. The van der Waals surface area contributed by atoms with Crippen LogP contribution in [-0.4, -0.2) is 12.3 Å². The van der Waals surface area contributed by atoms with Gasteiger partial charge in [0.1, 0.15) is 0 Å². The van der Waals surface area contributed by atoms with Crippen molar-refractivity contribution in [3.05, 3.63) is 35.4 Å². The first-order valence-corrected chi connectivity index (χ1v) is 3.54.